The number of carboxylic acids is 1. The Morgan fingerprint density at radius 1 is 1.18 bits per heavy atom. The fourth-order valence-electron chi connectivity index (χ4n) is 2.99. The Kier molecular flexibility index (Phi) is 7.25. The van der Waals surface area contributed by atoms with E-state index < -0.39 is 29.7 Å². The van der Waals surface area contributed by atoms with Gasteiger partial charge in [0.2, 0.25) is 0 Å². The molecule has 1 saturated heterocycles. The van der Waals surface area contributed by atoms with Crippen LogP contribution >= 0.6 is 0 Å². The molecule has 1 fully saturated rings. The van der Waals surface area contributed by atoms with Crippen LogP contribution < -0.4 is 10.6 Å². The molecule has 0 aromatic heterocycles. The second-order valence-corrected chi connectivity index (χ2v) is 7.94. The number of aliphatic carboxylic acids is 1. The molecule has 3 N–H and O–H groups in total. The SMILES string of the molecule is CC(C)(C)OC(=O)NC1CCN(C(=O)N[C@@H](Cc2ccccc2)C(=O)O)CC1. The quantitative estimate of drug-likeness (QED) is 0.714. The number of carbonyl (C=O) groups is 3. The number of carboxylic acid groups (broad SMARTS) is 1. The molecule has 8 heteroatoms. The maximum Gasteiger partial charge on any atom is 0.407 e. The molecule has 154 valence electrons. The van der Waals surface area contributed by atoms with E-state index in [1.807, 2.05) is 30.3 Å². The predicted octanol–water partition coefficient (Wildman–Crippen LogP) is 2.38. The number of benzene rings is 1. The van der Waals surface area contributed by atoms with Gasteiger partial charge in [-0.05, 0) is 39.2 Å². The van der Waals surface area contributed by atoms with E-state index in [-0.39, 0.29) is 12.5 Å². The van der Waals surface area contributed by atoms with E-state index in [0.29, 0.717) is 25.9 Å². The Morgan fingerprint density at radius 3 is 2.32 bits per heavy atom. The van der Waals surface area contributed by atoms with Crippen LogP contribution in [-0.4, -0.2) is 58.9 Å². The Morgan fingerprint density at radius 2 is 1.79 bits per heavy atom. The smallest absolute Gasteiger partial charge is 0.407 e. The van der Waals surface area contributed by atoms with Gasteiger partial charge in [-0.15, -0.1) is 0 Å². The Balaban J connectivity index is 1.81. The molecule has 1 aliphatic rings. The van der Waals surface area contributed by atoms with Crippen LogP contribution in [-0.2, 0) is 16.0 Å². The molecular formula is C20H29N3O5. The van der Waals surface area contributed by atoms with Gasteiger partial charge in [0.1, 0.15) is 11.6 Å². The van der Waals surface area contributed by atoms with Crippen LogP contribution in [0.2, 0.25) is 0 Å². The van der Waals surface area contributed by atoms with Crippen LogP contribution in [0.15, 0.2) is 30.3 Å². The monoisotopic (exact) mass is 391 g/mol. The second-order valence-electron chi connectivity index (χ2n) is 7.94. The van der Waals surface area contributed by atoms with Crippen LogP contribution in [0.5, 0.6) is 0 Å². The van der Waals surface area contributed by atoms with Gasteiger partial charge in [-0.3, -0.25) is 0 Å². The topological polar surface area (TPSA) is 108 Å². The third-order valence-corrected chi connectivity index (χ3v) is 4.38. The minimum Gasteiger partial charge on any atom is -0.480 e. The normalized spacial score (nSPS) is 16.2. The summed E-state index contributed by atoms with van der Waals surface area (Å²) in [4.78, 5) is 37.4. The van der Waals surface area contributed by atoms with Gasteiger partial charge in [-0.1, -0.05) is 30.3 Å². The molecular weight excluding hydrogens is 362 g/mol. The number of piperidine rings is 1. The summed E-state index contributed by atoms with van der Waals surface area (Å²) < 4.78 is 5.24. The summed E-state index contributed by atoms with van der Waals surface area (Å²) in [5, 5.41) is 14.8. The number of nitrogens with zero attached hydrogens (tertiary/aromatic N) is 1. The third kappa shape index (κ3) is 7.09. The minimum atomic E-state index is -1.07. The summed E-state index contributed by atoms with van der Waals surface area (Å²) in [7, 11) is 0. The maximum atomic E-state index is 12.5. The first-order chi connectivity index (χ1) is 13.1. The number of hydrogen-bond donors (Lipinski definition) is 3. The van der Waals surface area contributed by atoms with E-state index in [4.69, 9.17) is 4.74 Å². The number of likely N-dealkylation sites (tertiary alicyclic amines) is 1. The first kappa shape index (κ1) is 21.5. The van der Waals surface area contributed by atoms with Gasteiger partial charge < -0.3 is 25.4 Å². The van der Waals surface area contributed by atoms with E-state index >= 15 is 0 Å². The fraction of sp³-hybridized carbons (Fsp3) is 0.550. The average Bonchev–Trinajstić information content (AvgIpc) is 2.60. The highest BCUT2D eigenvalue weighted by atomic mass is 16.6. The van der Waals surface area contributed by atoms with Crippen molar-refractivity contribution in [1.82, 2.24) is 15.5 Å². The fourth-order valence-corrected chi connectivity index (χ4v) is 2.99. The summed E-state index contributed by atoms with van der Waals surface area (Å²) in [5.74, 6) is -1.07. The van der Waals surface area contributed by atoms with Crippen LogP contribution in [0.1, 0.15) is 39.2 Å². The lowest BCUT2D eigenvalue weighted by Crippen LogP contribution is -2.53. The third-order valence-electron chi connectivity index (χ3n) is 4.38. The van der Waals surface area contributed by atoms with Gasteiger partial charge in [0.05, 0.1) is 0 Å². The summed E-state index contributed by atoms with van der Waals surface area (Å²) in [5.41, 5.74) is 0.283. The average molecular weight is 391 g/mol. The molecule has 2 rings (SSSR count). The van der Waals surface area contributed by atoms with Crippen molar-refractivity contribution in [1.29, 1.82) is 0 Å². The Bertz CT molecular complexity index is 679. The number of nitrogens with one attached hydrogen (secondary N) is 2. The van der Waals surface area contributed by atoms with Crippen molar-refractivity contribution in [2.45, 2.75) is 57.7 Å². The molecule has 3 amide bonds. The van der Waals surface area contributed by atoms with Gasteiger partial charge in [-0.2, -0.15) is 0 Å². The molecule has 8 nitrogen and oxygen atoms in total. The summed E-state index contributed by atoms with van der Waals surface area (Å²) >= 11 is 0. The van der Waals surface area contributed by atoms with Crippen molar-refractivity contribution in [2.75, 3.05) is 13.1 Å². The zero-order valence-corrected chi connectivity index (χ0v) is 16.6. The zero-order chi connectivity index (χ0) is 20.7. The Labute approximate surface area is 165 Å². The van der Waals surface area contributed by atoms with E-state index in [0.717, 1.165) is 5.56 Å². The highest BCUT2D eigenvalue weighted by molar-refractivity contribution is 5.83. The Hall–Kier alpha value is -2.77. The van der Waals surface area contributed by atoms with E-state index in [2.05, 4.69) is 10.6 Å². The number of rotatable bonds is 5. The number of ether oxygens (including phenoxy) is 1. The second kappa shape index (κ2) is 9.43. The maximum absolute atomic E-state index is 12.5. The van der Waals surface area contributed by atoms with Crippen molar-refractivity contribution in [2.24, 2.45) is 0 Å². The molecule has 0 saturated carbocycles. The molecule has 1 aliphatic heterocycles. The minimum absolute atomic E-state index is 0.0708. The first-order valence-corrected chi connectivity index (χ1v) is 9.46. The molecule has 0 aliphatic carbocycles. The molecule has 1 aromatic carbocycles. The van der Waals surface area contributed by atoms with Gasteiger partial charge in [0, 0.05) is 25.6 Å². The van der Waals surface area contributed by atoms with Crippen molar-refractivity contribution in [3.8, 4) is 0 Å². The molecule has 28 heavy (non-hydrogen) atoms. The van der Waals surface area contributed by atoms with Crippen LogP contribution in [0.3, 0.4) is 0 Å². The van der Waals surface area contributed by atoms with Crippen molar-refractivity contribution < 1.29 is 24.2 Å². The summed E-state index contributed by atoms with van der Waals surface area (Å²) in [6.07, 6.45) is 0.925. The largest absolute Gasteiger partial charge is 0.480 e. The molecule has 1 heterocycles. The molecule has 0 radical (unpaired) electrons. The number of urea groups is 1. The van der Waals surface area contributed by atoms with E-state index in [9.17, 15) is 19.5 Å². The van der Waals surface area contributed by atoms with E-state index in [1.54, 1.807) is 25.7 Å². The van der Waals surface area contributed by atoms with Crippen molar-refractivity contribution in [3.05, 3.63) is 35.9 Å². The lowest BCUT2D eigenvalue weighted by atomic mass is 10.0. The van der Waals surface area contributed by atoms with Crippen molar-refractivity contribution in [3.63, 3.8) is 0 Å². The standard InChI is InChI=1S/C20H29N3O5/c1-20(2,3)28-19(27)21-15-9-11-23(12-10-15)18(26)22-16(17(24)25)13-14-7-5-4-6-8-14/h4-8,15-16H,9-13H2,1-3H3,(H,21,27)(H,22,26)(H,24,25)/t16-/m0/s1. The van der Waals surface area contributed by atoms with Gasteiger partial charge in [-0.25, -0.2) is 14.4 Å². The van der Waals surface area contributed by atoms with Crippen molar-refractivity contribution >= 4 is 18.1 Å². The molecule has 1 aromatic rings. The predicted molar refractivity (Wildman–Crippen MR) is 104 cm³/mol. The molecule has 1 atom stereocenters. The molecule has 0 bridgehead atoms. The number of hydrogen-bond acceptors (Lipinski definition) is 4. The lowest BCUT2D eigenvalue weighted by Gasteiger charge is -2.33. The van der Waals surface area contributed by atoms with Crippen LogP contribution in [0.25, 0.3) is 0 Å². The summed E-state index contributed by atoms with van der Waals surface area (Å²) in [6.45, 7) is 6.27. The van der Waals surface area contributed by atoms with E-state index in [1.165, 1.54) is 0 Å². The summed E-state index contributed by atoms with van der Waals surface area (Å²) in [6, 6.07) is 7.71. The van der Waals surface area contributed by atoms with Gasteiger partial charge in [0.25, 0.3) is 0 Å². The number of carbonyl (C=O) groups excluding carboxylic acids is 2. The zero-order valence-electron chi connectivity index (χ0n) is 16.6. The number of amides is 3. The van der Waals surface area contributed by atoms with Gasteiger partial charge >= 0.3 is 18.1 Å². The molecule has 0 unspecified atom stereocenters. The molecule has 0 spiro atoms. The van der Waals surface area contributed by atoms with Gasteiger partial charge in [0.15, 0.2) is 0 Å². The van der Waals surface area contributed by atoms with Crippen LogP contribution in [0, 0.1) is 0 Å². The highest BCUT2D eigenvalue weighted by Crippen LogP contribution is 2.13. The highest BCUT2D eigenvalue weighted by Gasteiger charge is 2.28. The first-order valence-electron chi connectivity index (χ1n) is 9.46. The van der Waals surface area contributed by atoms with Crippen LogP contribution in [0.4, 0.5) is 9.59 Å². The number of alkyl carbamates (subject to hydrolysis) is 1. The lowest BCUT2D eigenvalue weighted by molar-refractivity contribution is -0.139.